The van der Waals surface area contributed by atoms with Gasteiger partial charge in [-0.15, -0.1) is 0 Å². The highest BCUT2D eigenvalue weighted by molar-refractivity contribution is 6.30. The number of phenols is 1. The number of fused-ring (bicyclic) bond motifs is 1. The summed E-state index contributed by atoms with van der Waals surface area (Å²) in [6, 6.07) is 15.2. The van der Waals surface area contributed by atoms with Gasteiger partial charge in [0.2, 0.25) is 11.5 Å². The Bertz CT molecular complexity index is 1250. The number of hydrogen-bond acceptors (Lipinski definition) is 4. The third-order valence-electron chi connectivity index (χ3n) is 7.64. The van der Waals surface area contributed by atoms with Gasteiger partial charge in [-0.2, -0.15) is 0 Å². The van der Waals surface area contributed by atoms with E-state index in [1.54, 1.807) is 12.1 Å². The number of pyridine rings is 1. The molecule has 0 spiro atoms. The molecule has 38 heavy (non-hydrogen) atoms. The summed E-state index contributed by atoms with van der Waals surface area (Å²) in [5.41, 5.74) is 2.62. The number of amides is 1. The number of nitrogens with one attached hydrogen (secondary N) is 2. The molecule has 3 N–H and O–H groups in total. The summed E-state index contributed by atoms with van der Waals surface area (Å²) in [6.07, 6.45) is 11.2. The Labute approximate surface area is 230 Å². The highest BCUT2D eigenvalue weighted by atomic mass is 35.5. The van der Waals surface area contributed by atoms with Crippen molar-refractivity contribution in [1.29, 1.82) is 0 Å². The lowest BCUT2D eigenvalue weighted by molar-refractivity contribution is -0.134. The van der Waals surface area contributed by atoms with Crippen LogP contribution in [0.5, 0.6) is 5.75 Å². The molecule has 6 nitrogen and oxygen atoms in total. The van der Waals surface area contributed by atoms with Crippen molar-refractivity contribution in [3.05, 3.63) is 75.0 Å². The number of aryl methyl sites for hydroxylation is 1. The number of rotatable bonds is 13. The number of benzene rings is 2. The van der Waals surface area contributed by atoms with E-state index in [0.717, 1.165) is 74.0 Å². The number of carbonyl (C=O) groups is 1. The molecule has 204 valence electrons. The average Bonchev–Trinajstić information content (AvgIpc) is 2.92. The normalized spacial score (nSPS) is 14.1. The molecule has 1 aliphatic rings. The Morgan fingerprint density at radius 1 is 1.00 bits per heavy atom. The van der Waals surface area contributed by atoms with Crippen molar-refractivity contribution >= 4 is 28.4 Å². The molecule has 1 amide bonds. The Kier molecular flexibility index (Phi) is 10.6. The number of H-pyrrole nitrogens is 1. The molecule has 1 heterocycles. The Morgan fingerprint density at radius 3 is 2.66 bits per heavy atom. The zero-order valence-electron chi connectivity index (χ0n) is 22.2. The van der Waals surface area contributed by atoms with Crippen molar-refractivity contribution in [3.63, 3.8) is 0 Å². The second-order valence-corrected chi connectivity index (χ2v) is 10.9. The summed E-state index contributed by atoms with van der Waals surface area (Å²) < 4.78 is 0. The SMILES string of the molecule is O=C(CCNCCc1cccc(Cl)c1)N(CCCCCc1ccc(O)c2[nH]c(=O)ccc12)C1CCCCC1. The van der Waals surface area contributed by atoms with Crippen LogP contribution in [0.1, 0.15) is 68.9 Å². The third kappa shape index (κ3) is 8.08. The largest absolute Gasteiger partial charge is 0.506 e. The molecular formula is C31H40ClN3O3. The molecule has 1 aromatic heterocycles. The Balaban J connectivity index is 1.23. The zero-order chi connectivity index (χ0) is 26.7. The molecule has 1 saturated carbocycles. The van der Waals surface area contributed by atoms with Gasteiger partial charge in [0.05, 0.1) is 5.52 Å². The number of nitrogens with zero attached hydrogens (tertiary/aromatic N) is 1. The van der Waals surface area contributed by atoms with E-state index >= 15 is 0 Å². The van der Waals surface area contributed by atoms with Gasteiger partial charge in [0.15, 0.2) is 0 Å². The minimum atomic E-state index is -0.214. The van der Waals surface area contributed by atoms with Gasteiger partial charge in [-0.3, -0.25) is 9.59 Å². The van der Waals surface area contributed by atoms with Crippen LogP contribution in [0.4, 0.5) is 0 Å². The fraction of sp³-hybridized carbons (Fsp3) is 0.484. The van der Waals surface area contributed by atoms with Crippen molar-refractivity contribution in [2.24, 2.45) is 0 Å². The quantitative estimate of drug-likeness (QED) is 0.234. The summed E-state index contributed by atoms with van der Waals surface area (Å²) in [4.78, 5) is 29.8. The van der Waals surface area contributed by atoms with Gasteiger partial charge in [0.1, 0.15) is 5.75 Å². The lowest BCUT2D eigenvalue weighted by Gasteiger charge is -2.34. The average molecular weight is 538 g/mol. The first-order valence-corrected chi connectivity index (χ1v) is 14.5. The molecule has 1 aliphatic carbocycles. The monoisotopic (exact) mass is 537 g/mol. The molecule has 3 aromatic rings. The summed E-state index contributed by atoms with van der Waals surface area (Å²) in [5.74, 6) is 0.364. The van der Waals surface area contributed by atoms with E-state index in [0.29, 0.717) is 24.5 Å². The summed E-state index contributed by atoms with van der Waals surface area (Å²) in [7, 11) is 0. The van der Waals surface area contributed by atoms with Crippen LogP contribution in [0.2, 0.25) is 5.02 Å². The number of aromatic hydroxyl groups is 1. The van der Waals surface area contributed by atoms with Gasteiger partial charge >= 0.3 is 0 Å². The Hall–Kier alpha value is -2.83. The summed E-state index contributed by atoms with van der Waals surface area (Å²) in [5, 5.41) is 15.2. The second kappa shape index (κ2) is 14.4. The molecule has 4 rings (SSSR count). The molecule has 0 aliphatic heterocycles. The molecule has 0 saturated heterocycles. The number of carbonyl (C=O) groups excluding carboxylic acids is 1. The van der Waals surface area contributed by atoms with Gasteiger partial charge in [-0.05, 0) is 80.5 Å². The van der Waals surface area contributed by atoms with E-state index in [-0.39, 0.29) is 17.2 Å². The topological polar surface area (TPSA) is 85.4 Å². The van der Waals surface area contributed by atoms with Crippen LogP contribution in [0.3, 0.4) is 0 Å². The van der Waals surface area contributed by atoms with Gasteiger partial charge in [-0.1, -0.05) is 55.5 Å². The maximum atomic E-state index is 13.2. The van der Waals surface area contributed by atoms with Crippen molar-refractivity contribution in [1.82, 2.24) is 15.2 Å². The highest BCUT2D eigenvalue weighted by Gasteiger charge is 2.24. The van der Waals surface area contributed by atoms with E-state index in [4.69, 9.17) is 11.6 Å². The molecule has 0 radical (unpaired) electrons. The van der Waals surface area contributed by atoms with Gasteiger partial charge in [-0.25, -0.2) is 0 Å². The standard InChI is InChI=1S/C31H40ClN3O3/c32-25-10-7-8-23(22-25)17-19-33-20-18-30(38)35(26-11-4-1-5-12-26)21-6-2-3-9-24-13-15-28(36)31-27(24)14-16-29(37)34-31/h7-8,10,13-16,22,26,33,36H,1-6,9,11-12,17-21H2,(H,34,37). The first kappa shape index (κ1) is 28.2. The highest BCUT2D eigenvalue weighted by Crippen LogP contribution is 2.27. The number of aromatic nitrogens is 1. The van der Waals surface area contributed by atoms with Crippen LogP contribution in [-0.2, 0) is 17.6 Å². The van der Waals surface area contributed by atoms with E-state index in [1.165, 1.54) is 30.9 Å². The summed E-state index contributed by atoms with van der Waals surface area (Å²) >= 11 is 6.07. The van der Waals surface area contributed by atoms with E-state index in [1.807, 2.05) is 24.3 Å². The van der Waals surface area contributed by atoms with Crippen molar-refractivity contribution in [2.45, 2.75) is 76.7 Å². The van der Waals surface area contributed by atoms with Crippen LogP contribution in [0.15, 0.2) is 53.3 Å². The fourth-order valence-corrected chi connectivity index (χ4v) is 5.79. The molecule has 2 aromatic carbocycles. The van der Waals surface area contributed by atoms with Gasteiger partial charge in [0.25, 0.3) is 0 Å². The predicted octanol–water partition coefficient (Wildman–Crippen LogP) is 5.98. The zero-order valence-corrected chi connectivity index (χ0v) is 22.9. The first-order valence-electron chi connectivity index (χ1n) is 14.1. The number of halogens is 1. The number of hydrogen-bond donors (Lipinski definition) is 3. The molecule has 0 atom stereocenters. The van der Waals surface area contributed by atoms with Crippen molar-refractivity contribution in [2.75, 3.05) is 19.6 Å². The smallest absolute Gasteiger partial charge is 0.248 e. The molecule has 0 unspecified atom stereocenters. The Morgan fingerprint density at radius 2 is 1.84 bits per heavy atom. The van der Waals surface area contributed by atoms with Crippen LogP contribution in [-0.4, -0.2) is 46.6 Å². The van der Waals surface area contributed by atoms with Crippen molar-refractivity contribution in [3.8, 4) is 5.75 Å². The fourth-order valence-electron chi connectivity index (χ4n) is 5.58. The number of aromatic amines is 1. The summed E-state index contributed by atoms with van der Waals surface area (Å²) in [6.45, 7) is 2.34. The molecule has 7 heteroatoms. The maximum absolute atomic E-state index is 13.2. The number of phenolic OH excluding ortho intramolecular Hbond substituents is 1. The third-order valence-corrected chi connectivity index (χ3v) is 7.87. The predicted molar refractivity (Wildman–Crippen MR) is 155 cm³/mol. The van der Waals surface area contributed by atoms with E-state index < -0.39 is 0 Å². The van der Waals surface area contributed by atoms with E-state index in [9.17, 15) is 14.7 Å². The van der Waals surface area contributed by atoms with Gasteiger partial charge in [0, 0.05) is 42.0 Å². The molecular weight excluding hydrogens is 498 g/mol. The van der Waals surface area contributed by atoms with Crippen LogP contribution in [0.25, 0.3) is 10.9 Å². The van der Waals surface area contributed by atoms with E-state index in [2.05, 4.69) is 21.3 Å². The lowest BCUT2D eigenvalue weighted by Crippen LogP contribution is -2.43. The van der Waals surface area contributed by atoms with Crippen LogP contribution >= 0.6 is 11.6 Å². The lowest BCUT2D eigenvalue weighted by atomic mass is 9.93. The minimum absolute atomic E-state index is 0.0991. The molecule has 1 fully saturated rings. The minimum Gasteiger partial charge on any atom is -0.506 e. The van der Waals surface area contributed by atoms with Gasteiger partial charge < -0.3 is 20.3 Å². The van der Waals surface area contributed by atoms with Crippen LogP contribution in [0, 0.1) is 0 Å². The second-order valence-electron chi connectivity index (χ2n) is 10.4. The van der Waals surface area contributed by atoms with Crippen molar-refractivity contribution < 1.29 is 9.90 Å². The number of unbranched alkanes of at least 4 members (excludes halogenated alkanes) is 2. The first-order chi connectivity index (χ1) is 18.5. The molecule has 0 bridgehead atoms. The van der Waals surface area contributed by atoms with Crippen LogP contribution < -0.4 is 10.9 Å². The maximum Gasteiger partial charge on any atom is 0.248 e.